The van der Waals surface area contributed by atoms with Gasteiger partial charge in [-0.05, 0) is 32.1 Å². The summed E-state index contributed by atoms with van der Waals surface area (Å²) in [6.07, 6.45) is 4.62. The van der Waals surface area contributed by atoms with Crippen LogP contribution in [0.1, 0.15) is 44.9 Å². The first-order chi connectivity index (χ1) is 8.55. The van der Waals surface area contributed by atoms with Gasteiger partial charge in [-0.15, -0.1) is 0 Å². The number of carbonyl (C=O) groups excluding carboxylic acids is 2. The van der Waals surface area contributed by atoms with E-state index < -0.39 is 11.5 Å². The summed E-state index contributed by atoms with van der Waals surface area (Å²) in [5.41, 5.74) is -0.704. The van der Waals surface area contributed by atoms with E-state index in [-0.39, 0.29) is 30.1 Å². The molecule has 2 unspecified atom stereocenters. The summed E-state index contributed by atoms with van der Waals surface area (Å²) in [6, 6.07) is 0. The van der Waals surface area contributed by atoms with Gasteiger partial charge >= 0.3 is 5.97 Å². The third kappa shape index (κ3) is 1.42. The van der Waals surface area contributed by atoms with E-state index in [1.165, 1.54) is 4.90 Å². The van der Waals surface area contributed by atoms with E-state index in [0.29, 0.717) is 12.8 Å². The molecule has 5 nitrogen and oxygen atoms in total. The maximum absolute atomic E-state index is 12.3. The number of nitrogens with zero attached hydrogens (tertiary/aromatic N) is 1. The Bertz CT molecular complexity index is 405. The van der Waals surface area contributed by atoms with Crippen LogP contribution in [0.4, 0.5) is 0 Å². The number of imide groups is 1. The quantitative estimate of drug-likeness (QED) is 0.764. The minimum Gasteiger partial charge on any atom is -0.481 e. The number of hydrogen-bond donors (Lipinski definition) is 1. The van der Waals surface area contributed by atoms with E-state index in [2.05, 4.69) is 0 Å². The highest BCUT2D eigenvalue weighted by molar-refractivity contribution is 6.06. The summed E-state index contributed by atoms with van der Waals surface area (Å²) in [7, 11) is 0. The van der Waals surface area contributed by atoms with Crippen molar-refractivity contribution in [1.29, 1.82) is 0 Å². The second kappa shape index (κ2) is 3.80. The van der Waals surface area contributed by atoms with Gasteiger partial charge in [-0.1, -0.05) is 6.42 Å². The van der Waals surface area contributed by atoms with Crippen molar-refractivity contribution in [1.82, 2.24) is 4.90 Å². The third-order valence-corrected chi connectivity index (χ3v) is 4.83. The lowest BCUT2D eigenvalue weighted by molar-refractivity contribution is -0.156. The van der Waals surface area contributed by atoms with Crippen LogP contribution in [0.15, 0.2) is 0 Å². The molecule has 5 heteroatoms. The second-order valence-electron chi connectivity index (χ2n) is 5.80. The molecule has 98 valence electrons. The lowest BCUT2D eigenvalue weighted by atomic mass is 9.73. The molecule has 2 amide bonds. The molecule has 1 N–H and O–H groups in total. The van der Waals surface area contributed by atoms with Gasteiger partial charge in [0.1, 0.15) is 0 Å². The largest absolute Gasteiger partial charge is 0.481 e. The van der Waals surface area contributed by atoms with Crippen molar-refractivity contribution < 1.29 is 19.5 Å². The zero-order chi connectivity index (χ0) is 12.9. The maximum atomic E-state index is 12.3. The predicted molar refractivity (Wildman–Crippen MR) is 61.5 cm³/mol. The Hall–Kier alpha value is -1.39. The minimum absolute atomic E-state index is 0.0933. The fourth-order valence-corrected chi connectivity index (χ4v) is 3.80. The summed E-state index contributed by atoms with van der Waals surface area (Å²) < 4.78 is 0. The molecule has 18 heavy (non-hydrogen) atoms. The van der Waals surface area contributed by atoms with Crippen LogP contribution in [0.2, 0.25) is 0 Å². The van der Waals surface area contributed by atoms with E-state index in [1.54, 1.807) is 0 Å². The van der Waals surface area contributed by atoms with Gasteiger partial charge in [0.2, 0.25) is 11.8 Å². The minimum atomic E-state index is -0.924. The van der Waals surface area contributed by atoms with Crippen molar-refractivity contribution in [2.75, 3.05) is 0 Å². The highest BCUT2D eigenvalue weighted by Crippen LogP contribution is 2.49. The van der Waals surface area contributed by atoms with E-state index in [9.17, 15) is 14.4 Å². The van der Waals surface area contributed by atoms with Gasteiger partial charge in [0.05, 0.1) is 23.8 Å². The molecule has 0 aromatic heterocycles. The summed E-state index contributed by atoms with van der Waals surface area (Å²) >= 11 is 0. The topological polar surface area (TPSA) is 74.7 Å². The Balaban J connectivity index is 1.89. The lowest BCUT2D eigenvalue weighted by Gasteiger charge is -2.47. The zero-order valence-corrected chi connectivity index (χ0v) is 10.2. The number of carbonyl (C=O) groups is 3. The zero-order valence-electron chi connectivity index (χ0n) is 10.2. The molecule has 1 aliphatic heterocycles. The molecular formula is C13H17NO4. The molecule has 0 aromatic rings. The molecule has 0 spiro atoms. The SMILES string of the molecule is O=C(O)CC1(N2C(=O)C3CCCC3C2=O)CCC1. The number of hydrogen-bond acceptors (Lipinski definition) is 3. The van der Waals surface area contributed by atoms with Gasteiger partial charge in [-0.3, -0.25) is 19.3 Å². The smallest absolute Gasteiger partial charge is 0.305 e. The molecule has 3 fully saturated rings. The van der Waals surface area contributed by atoms with E-state index >= 15 is 0 Å². The number of carboxylic acid groups (broad SMARTS) is 1. The highest BCUT2D eigenvalue weighted by Gasteiger charge is 2.58. The van der Waals surface area contributed by atoms with Gasteiger partial charge in [-0.2, -0.15) is 0 Å². The number of carboxylic acids is 1. The van der Waals surface area contributed by atoms with Crippen LogP contribution in [0.3, 0.4) is 0 Å². The first-order valence-corrected chi connectivity index (χ1v) is 6.65. The van der Waals surface area contributed by atoms with Gasteiger partial charge in [0.25, 0.3) is 0 Å². The molecule has 2 aliphatic carbocycles. The van der Waals surface area contributed by atoms with Crippen LogP contribution in [0.5, 0.6) is 0 Å². The molecular weight excluding hydrogens is 234 g/mol. The van der Waals surface area contributed by atoms with Crippen LogP contribution >= 0.6 is 0 Å². The maximum Gasteiger partial charge on any atom is 0.305 e. The fraction of sp³-hybridized carbons (Fsp3) is 0.769. The molecule has 3 rings (SSSR count). The van der Waals surface area contributed by atoms with Crippen LogP contribution in [-0.4, -0.2) is 33.3 Å². The van der Waals surface area contributed by atoms with Crippen molar-refractivity contribution in [3.8, 4) is 0 Å². The van der Waals surface area contributed by atoms with Gasteiger partial charge in [0.15, 0.2) is 0 Å². The highest BCUT2D eigenvalue weighted by atomic mass is 16.4. The number of amides is 2. The van der Waals surface area contributed by atoms with Crippen LogP contribution < -0.4 is 0 Å². The molecule has 0 radical (unpaired) electrons. The van der Waals surface area contributed by atoms with Crippen molar-refractivity contribution in [2.24, 2.45) is 11.8 Å². The molecule has 2 atom stereocenters. The van der Waals surface area contributed by atoms with Crippen LogP contribution in [0.25, 0.3) is 0 Å². The Morgan fingerprint density at radius 1 is 1.17 bits per heavy atom. The van der Waals surface area contributed by atoms with Crippen molar-refractivity contribution in [2.45, 2.75) is 50.5 Å². The molecule has 1 heterocycles. The third-order valence-electron chi connectivity index (χ3n) is 4.83. The molecule has 3 aliphatic rings. The molecule has 0 bridgehead atoms. The lowest BCUT2D eigenvalue weighted by Crippen LogP contribution is -2.57. The number of fused-ring (bicyclic) bond motifs is 1. The normalized spacial score (nSPS) is 33.4. The molecule has 2 saturated carbocycles. The summed E-state index contributed by atoms with van der Waals surface area (Å²) in [5.74, 6) is -1.47. The first kappa shape index (κ1) is 11.7. The average Bonchev–Trinajstić information content (AvgIpc) is 2.80. The van der Waals surface area contributed by atoms with Crippen LogP contribution in [0, 0.1) is 11.8 Å². The van der Waals surface area contributed by atoms with Crippen molar-refractivity contribution in [3.05, 3.63) is 0 Å². The second-order valence-corrected chi connectivity index (χ2v) is 5.80. The average molecular weight is 251 g/mol. The molecule has 1 saturated heterocycles. The monoisotopic (exact) mass is 251 g/mol. The Morgan fingerprint density at radius 2 is 1.72 bits per heavy atom. The van der Waals surface area contributed by atoms with Crippen molar-refractivity contribution in [3.63, 3.8) is 0 Å². The predicted octanol–water partition coefficient (Wildman–Crippen LogP) is 1.17. The first-order valence-electron chi connectivity index (χ1n) is 6.65. The number of aliphatic carboxylic acids is 1. The standard InChI is InChI=1S/C13H17NO4/c15-10(16)7-13(5-2-6-13)14-11(17)8-3-1-4-9(8)12(14)18/h8-9H,1-7H2,(H,15,16). The summed E-state index contributed by atoms with van der Waals surface area (Å²) in [5, 5.41) is 9.00. The van der Waals surface area contributed by atoms with E-state index in [0.717, 1.165) is 25.7 Å². The van der Waals surface area contributed by atoms with E-state index in [4.69, 9.17) is 5.11 Å². The number of rotatable bonds is 3. The Morgan fingerprint density at radius 3 is 2.11 bits per heavy atom. The Kier molecular flexibility index (Phi) is 2.47. The van der Waals surface area contributed by atoms with Crippen molar-refractivity contribution >= 4 is 17.8 Å². The van der Waals surface area contributed by atoms with Gasteiger partial charge < -0.3 is 5.11 Å². The summed E-state index contributed by atoms with van der Waals surface area (Å²) in [4.78, 5) is 37.0. The fourth-order valence-electron chi connectivity index (χ4n) is 3.80. The van der Waals surface area contributed by atoms with E-state index in [1.807, 2.05) is 0 Å². The summed E-state index contributed by atoms with van der Waals surface area (Å²) in [6.45, 7) is 0. The van der Waals surface area contributed by atoms with Crippen LogP contribution in [-0.2, 0) is 14.4 Å². The number of likely N-dealkylation sites (tertiary alicyclic amines) is 1. The molecule has 0 aromatic carbocycles. The Labute approximate surface area is 105 Å². The van der Waals surface area contributed by atoms with Gasteiger partial charge in [0, 0.05) is 0 Å². The van der Waals surface area contributed by atoms with Gasteiger partial charge in [-0.25, -0.2) is 0 Å².